The van der Waals surface area contributed by atoms with E-state index in [1.165, 1.54) is 31.5 Å². The highest BCUT2D eigenvalue weighted by molar-refractivity contribution is 5.40. The summed E-state index contributed by atoms with van der Waals surface area (Å²) in [6, 6.07) is 8.34. The lowest BCUT2D eigenvalue weighted by Crippen LogP contribution is -2.30. The van der Waals surface area contributed by atoms with Crippen LogP contribution in [0.3, 0.4) is 0 Å². The third kappa shape index (κ3) is 2.07. The number of nitrogens with zero attached hydrogens (tertiary/aromatic N) is 1. The summed E-state index contributed by atoms with van der Waals surface area (Å²) in [5, 5.41) is 0. The third-order valence-electron chi connectivity index (χ3n) is 3.03. The highest BCUT2D eigenvalue weighted by atomic mass is 15.1. The van der Waals surface area contributed by atoms with Gasteiger partial charge in [0.1, 0.15) is 0 Å². The van der Waals surface area contributed by atoms with Crippen LogP contribution in [0.4, 0.5) is 5.69 Å². The molecule has 0 unspecified atom stereocenters. The lowest BCUT2D eigenvalue weighted by atomic mass is 9.91. The molecule has 2 nitrogen and oxygen atoms in total. The van der Waals surface area contributed by atoms with Gasteiger partial charge in [0.25, 0.3) is 0 Å². The van der Waals surface area contributed by atoms with Crippen molar-refractivity contribution in [2.24, 2.45) is 0 Å². The topological polar surface area (TPSA) is 29.3 Å². The summed E-state index contributed by atoms with van der Waals surface area (Å²) in [7, 11) is 2.20. The molecular weight excluding hydrogens is 172 g/mol. The summed E-state index contributed by atoms with van der Waals surface area (Å²) in [6.45, 7) is 2.43. The van der Waals surface area contributed by atoms with E-state index >= 15 is 0 Å². The first-order chi connectivity index (χ1) is 6.75. The number of likely N-dealkylation sites (tertiary alicyclic amines) is 1. The van der Waals surface area contributed by atoms with Gasteiger partial charge >= 0.3 is 0 Å². The maximum atomic E-state index is 5.67. The molecule has 1 aromatic rings. The van der Waals surface area contributed by atoms with E-state index in [0.717, 1.165) is 5.69 Å². The largest absolute Gasteiger partial charge is 0.399 e. The van der Waals surface area contributed by atoms with Crippen LogP contribution in [0.25, 0.3) is 0 Å². The number of nitrogens with two attached hydrogens (primary N) is 1. The second-order valence-corrected chi connectivity index (χ2v) is 4.27. The molecule has 0 saturated carbocycles. The fourth-order valence-corrected chi connectivity index (χ4v) is 2.21. The zero-order chi connectivity index (χ0) is 9.97. The molecule has 1 atom stereocenters. The first kappa shape index (κ1) is 9.53. The average Bonchev–Trinajstić information content (AvgIpc) is 2.19. The normalized spacial score (nSPS) is 23.6. The van der Waals surface area contributed by atoms with Gasteiger partial charge in [-0.3, -0.25) is 0 Å². The summed E-state index contributed by atoms with van der Waals surface area (Å²) in [4.78, 5) is 2.41. The smallest absolute Gasteiger partial charge is 0.0314 e. The van der Waals surface area contributed by atoms with Crippen LogP contribution in [0.15, 0.2) is 24.3 Å². The Kier molecular flexibility index (Phi) is 2.73. The zero-order valence-corrected chi connectivity index (χ0v) is 8.74. The Labute approximate surface area is 85.7 Å². The Morgan fingerprint density at radius 2 is 2.00 bits per heavy atom. The molecule has 2 heteroatoms. The first-order valence-corrected chi connectivity index (χ1v) is 5.29. The van der Waals surface area contributed by atoms with Crippen LogP contribution in [-0.4, -0.2) is 25.0 Å². The van der Waals surface area contributed by atoms with Crippen LogP contribution < -0.4 is 5.73 Å². The predicted molar refractivity (Wildman–Crippen MR) is 60.3 cm³/mol. The predicted octanol–water partition coefficient (Wildman–Crippen LogP) is 2.08. The number of hydrogen-bond acceptors (Lipinski definition) is 2. The standard InChI is InChI=1S/C12H18N2/c1-14-8-2-3-11(9-14)10-4-6-12(13)7-5-10/h4-7,11H,2-3,8-9,13H2,1H3/t11-/m1/s1. The van der Waals surface area contributed by atoms with Crippen molar-refractivity contribution in [1.82, 2.24) is 4.90 Å². The molecule has 1 saturated heterocycles. The van der Waals surface area contributed by atoms with Gasteiger partial charge in [0.05, 0.1) is 0 Å². The number of likely N-dealkylation sites (N-methyl/N-ethyl adjacent to an activating group) is 1. The molecule has 0 aliphatic carbocycles. The summed E-state index contributed by atoms with van der Waals surface area (Å²) >= 11 is 0. The van der Waals surface area contributed by atoms with Gasteiger partial charge in [-0.05, 0) is 50.0 Å². The molecule has 14 heavy (non-hydrogen) atoms. The van der Waals surface area contributed by atoms with Gasteiger partial charge < -0.3 is 10.6 Å². The minimum atomic E-state index is 0.703. The van der Waals surface area contributed by atoms with Crippen molar-refractivity contribution < 1.29 is 0 Å². The van der Waals surface area contributed by atoms with Crippen LogP contribution in [-0.2, 0) is 0 Å². The van der Waals surface area contributed by atoms with Crippen LogP contribution in [0.1, 0.15) is 24.3 Å². The number of piperidine rings is 1. The summed E-state index contributed by atoms with van der Waals surface area (Å²) in [5.74, 6) is 0.703. The molecule has 0 radical (unpaired) electrons. The number of anilines is 1. The molecular formula is C12H18N2. The molecule has 1 heterocycles. The van der Waals surface area contributed by atoms with E-state index < -0.39 is 0 Å². The second-order valence-electron chi connectivity index (χ2n) is 4.27. The van der Waals surface area contributed by atoms with Crippen molar-refractivity contribution in [3.63, 3.8) is 0 Å². The highest BCUT2D eigenvalue weighted by Gasteiger charge is 2.18. The van der Waals surface area contributed by atoms with Crippen LogP contribution in [0.5, 0.6) is 0 Å². The minimum Gasteiger partial charge on any atom is -0.399 e. The van der Waals surface area contributed by atoms with Crippen molar-refractivity contribution in [1.29, 1.82) is 0 Å². The van der Waals surface area contributed by atoms with Gasteiger partial charge in [0.15, 0.2) is 0 Å². The number of rotatable bonds is 1. The SMILES string of the molecule is CN1CCC[C@@H](c2ccc(N)cc2)C1. The van der Waals surface area contributed by atoms with Crippen LogP contribution in [0, 0.1) is 0 Å². The van der Waals surface area contributed by atoms with Crippen molar-refractivity contribution in [3.05, 3.63) is 29.8 Å². The quantitative estimate of drug-likeness (QED) is 0.687. The van der Waals surface area contributed by atoms with Gasteiger partial charge in [-0.25, -0.2) is 0 Å². The Bertz CT molecular complexity index is 292. The number of benzene rings is 1. The monoisotopic (exact) mass is 190 g/mol. The van der Waals surface area contributed by atoms with Crippen molar-refractivity contribution in [3.8, 4) is 0 Å². The first-order valence-electron chi connectivity index (χ1n) is 5.29. The minimum absolute atomic E-state index is 0.703. The molecule has 76 valence electrons. The second kappa shape index (κ2) is 4.01. The van der Waals surface area contributed by atoms with Gasteiger partial charge in [-0.2, -0.15) is 0 Å². The average molecular weight is 190 g/mol. The molecule has 1 fully saturated rings. The maximum Gasteiger partial charge on any atom is 0.0314 e. The molecule has 0 amide bonds. The van der Waals surface area contributed by atoms with E-state index in [4.69, 9.17) is 5.73 Å². The lowest BCUT2D eigenvalue weighted by Gasteiger charge is -2.29. The Morgan fingerprint density at radius 1 is 1.29 bits per heavy atom. The summed E-state index contributed by atoms with van der Waals surface area (Å²) in [5.41, 5.74) is 7.97. The van der Waals surface area contributed by atoms with Gasteiger partial charge in [-0.1, -0.05) is 12.1 Å². The molecule has 1 aliphatic heterocycles. The van der Waals surface area contributed by atoms with E-state index in [9.17, 15) is 0 Å². The third-order valence-corrected chi connectivity index (χ3v) is 3.03. The van der Waals surface area contributed by atoms with Gasteiger partial charge in [0, 0.05) is 12.2 Å². The van der Waals surface area contributed by atoms with E-state index in [-0.39, 0.29) is 0 Å². The molecule has 0 spiro atoms. The highest BCUT2D eigenvalue weighted by Crippen LogP contribution is 2.26. The number of nitrogen functional groups attached to an aromatic ring is 1. The fraction of sp³-hybridized carbons (Fsp3) is 0.500. The maximum absolute atomic E-state index is 5.67. The van der Waals surface area contributed by atoms with E-state index in [1.54, 1.807) is 0 Å². The van der Waals surface area contributed by atoms with Crippen molar-refractivity contribution in [2.45, 2.75) is 18.8 Å². The molecule has 1 aliphatic rings. The summed E-state index contributed by atoms with van der Waals surface area (Å²) in [6.07, 6.45) is 2.62. The molecule has 1 aromatic carbocycles. The molecule has 0 aromatic heterocycles. The van der Waals surface area contributed by atoms with E-state index in [0.29, 0.717) is 5.92 Å². The van der Waals surface area contributed by atoms with Gasteiger partial charge in [0.2, 0.25) is 0 Å². The Morgan fingerprint density at radius 3 is 2.64 bits per heavy atom. The molecule has 2 N–H and O–H groups in total. The van der Waals surface area contributed by atoms with Crippen molar-refractivity contribution in [2.75, 3.05) is 25.9 Å². The number of hydrogen-bond donors (Lipinski definition) is 1. The molecule has 2 rings (SSSR count). The zero-order valence-electron chi connectivity index (χ0n) is 8.74. The van der Waals surface area contributed by atoms with E-state index in [2.05, 4.69) is 24.1 Å². The van der Waals surface area contributed by atoms with Crippen LogP contribution >= 0.6 is 0 Å². The Hall–Kier alpha value is -1.02. The van der Waals surface area contributed by atoms with E-state index in [1.807, 2.05) is 12.1 Å². The van der Waals surface area contributed by atoms with Gasteiger partial charge in [-0.15, -0.1) is 0 Å². The van der Waals surface area contributed by atoms with Crippen molar-refractivity contribution >= 4 is 5.69 Å². The Balaban J connectivity index is 2.10. The molecule has 0 bridgehead atoms. The lowest BCUT2D eigenvalue weighted by molar-refractivity contribution is 0.251. The summed E-state index contributed by atoms with van der Waals surface area (Å²) < 4.78 is 0. The fourth-order valence-electron chi connectivity index (χ4n) is 2.21. The van der Waals surface area contributed by atoms with Crippen LogP contribution in [0.2, 0.25) is 0 Å².